The van der Waals surface area contributed by atoms with Gasteiger partial charge in [-0.25, -0.2) is 0 Å². The van der Waals surface area contributed by atoms with Gasteiger partial charge < -0.3 is 20.6 Å². The van der Waals surface area contributed by atoms with Crippen molar-refractivity contribution in [3.8, 4) is 0 Å². The number of oxime groups is 1. The van der Waals surface area contributed by atoms with Crippen molar-refractivity contribution < 1.29 is 14.7 Å². The van der Waals surface area contributed by atoms with Crippen molar-refractivity contribution in [1.82, 2.24) is 4.90 Å². The van der Waals surface area contributed by atoms with Crippen molar-refractivity contribution in [3.63, 3.8) is 0 Å². The zero-order valence-electron chi connectivity index (χ0n) is 11.2. The summed E-state index contributed by atoms with van der Waals surface area (Å²) in [6.45, 7) is 7.44. The lowest BCUT2D eigenvalue weighted by Crippen LogP contribution is -2.53. The molecule has 0 aromatic rings. The van der Waals surface area contributed by atoms with Gasteiger partial charge in [0.25, 0.3) is 5.91 Å². The van der Waals surface area contributed by atoms with Gasteiger partial charge in [0.05, 0.1) is 6.54 Å². The summed E-state index contributed by atoms with van der Waals surface area (Å²) >= 11 is 0. The molecule has 0 aliphatic heterocycles. The summed E-state index contributed by atoms with van der Waals surface area (Å²) in [6, 6.07) is -0.0520. The fourth-order valence-electron chi connectivity index (χ4n) is 1.38. The zero-order chi connectivity index (χ0) is 13.6. The molecule has 6 heteroatoms. The van der Waals surface area contributed by atoms with Crippen LogP contribution >= 0.6 is 0 Å². The number of methoxy groups -OCH3 is 1. The Kier molecular flexibility index (Phi) is 5.95. The Morgan fingerprint density at radius 1 is 1.59 bits per heavy atom. The third-order valence-corrected chi connectivity index (χ3v) is 2.92. The number of nitrogens with two attached hydrogens (primary N) is 1. The number of carbonyl (C=O) groups excluding carboxylic acids is 1. The monoisotopic (exact) mass is 245 g/mol. The largest absolute Gasteiger partial charge is 0.409 e. The van der Waals surface area contributed by atoms with E-state index in [1.54, 1.807) is 6.92 Å². The molecule has 0 rings (SSSR count). The maximum absolute atomic E-state index is 12.3. The number of hydrogen-bond acceptors (Lipinski definition) is 4. The minimum absolute atomic E-state index is 0.00149. The average molecular weight is 245 g/mol. The Morgan fingerprint density at radius 2 is 2.12 bits per heavy atom. The number of amides is 1. The molecule has 0 saturated heterocycles. The summed E-state index contributed by atoms with van der Waals surface area (Å²) in [6.07, 6.45) is 0.557. The molecule has 0 fully saturated rings. The van der Waals surface area contributed by atoms with Crippen molar-refractivity contribution in [2.24, 2.45) is 10.9 Å². The summed E-state index contributed by atoms with van der Waals surface area (Å²) in [7, 11) is 1.50. The molecular weight excluding hydrogens is 222 g/mol. The summed E-state index contributed by atoms with van der Waals surface area (Å²) in [4.78, 5) is 13.9. The van der Waals surface area contributed by atoms with Crippen LogP contribution in [0.3, 0.4) is 0 Å². The second-order valence-electron chi connectivity index (χ2n) is 4.41. The van der Waals surface area contributed by atoms with Gasteiger partial charge in [0.1, 0.15) is 5.60 Å². The van der Waals surface area contributed by atoms with Gasteiger partial charge in [0.2, 0.25) is 0 Å². The fraction of sp³-hybridized carbons (Fsp3) is 0.818. The minimum atomic E-state index is -0.875. The molecule has 3 N–H and O–H groups in total. The normalized spacial score (nSPS) is 15.8. The van der Waals surface area contributed by atoms with Crippen molar-refractivity contribution >= 4 is 11.7 Å². The van der Waals surface area contributed by atoms with Gasteiger partial charge >= 0.3 is 0 Å². The van der Waals surface area contributed by atoms with Crippen LogP contribution < -0.4 is 5.73 Å². The Balaban J connectivity index is 5.01. The number of rotatable bonds is 6. The van der Waals surface area contributed by atoms with Crippen molar-refractivity contribution in [2.45, 2.75) is 45.8 Å². The Bertz CT molecular complexity index is 286. The van der Waals surface area contributed by atoms with E-state index in [-0.39, 0.29) is 24.3 Å². The topological polar surface area (TPSA) is 88.2 Å². The van der Waals surface area contributed by atoms with E-state index in [1.165, 1.54) is 12.0 Å². The van der Waals surface area contributed by atoms with Gasteiger partial charge in [0, 0.05) is 13.2 Å². The van der Waals surface area contributed by atoms with E-state index in [1.807, 2.05) is 20.8 Å². The molecule has 0 heterocycles. The summed E-state index contributed by atoms with van der Waals surface area (Å²) < 4.78 is 5.26. The average Bonchev–Trinajstić information content (AvgIpc) is 2.33. The number of ether oxygens (including phenoxy) is 1. The summed E-state index contributed by atoms with van der Waals surface area (Å²) in [5.41, 5.74) is 4.57. The number of carbonyl (C=O) groups is 1. The van der Waals surface area contributed by atoms with E-state index in [9.17, 15) is 4.79 Å². The van der Waals surface area contributed by atoms with Crippen LogP contribution in [0.15, 0.2) is 5.16 Å². The van der Waals surface area contributed by atoms with E-state index in [0.29, 0.717) is 6.42 Å². The summed E-state index contributed by atoms with van der Waals surface area (Å²) in [5, 5.41) is 11.4. The quantitative estimate of drug-likeness (QED) is 0.313. The van der Waals surface area contributed by atoms with Crippen LogP contribution in [0.4, 0.5) is 0 Å². The van der Waals surface area contributed by atoms with E-state index in [2.05, 4.69) is 5.16 Å². The zero-order valence-corrected chi connectivity index (χ0v) is 11.2. The minimum Gasteiger partial charge on any atom is -0.409 e. The maximum atomic E-state index is 12.3. The van der Waals surface area contributed by atoms with Crippen molar-refractivity contribution in [3.05, 3.63) is 0 Å². The highest BCUT2D eigenvalue weighted by Gasteiger charge is 2.36. The van der Waals surface area contributed by atoms with Crippen LogP contribution in [-0.4, -0.2) is 47.1 Å². The van der Waals surface area contributed by atoms with Crippen LogP contribution in [-0.2, 0) is 9.53 Å². The molecule has 0 radical (unpaired) electrons. The molecule has 100 valence electrons. The highest BCUT2D eigenvalue weighted by Crippen LogP contribution is 2.19. The highest BCUT2D eigenvalue weighted by atomic mass is 16.5. The van der Waals surface area contributed by atoms with Gasteiger partial charge in [-0.15, -0.1) is 0 Å². The first kappa shape index (κ1) is 15.7. The Hall–Kier alpha value is -1.30. The van der Waals surface area contributed by atoms with Crippen molar-refractivity contribution in [1.29, 1.82) is 0 Å². The van der Waals surface area contributed by atoms with Gasteiger partial charge in [-0.2, -0.15) is 0 Å². The molecule has 0 spiro atoms. The predicted octanol–water partition coefficient (Wildman–Crippen LogP) is 0.785. The highest BCUT2D eigenvalue weighted by molar-refractivity contribution is 5.90. The van der Waals surface area contributed by atoms with E-state index < -0.39 is 5.60 Å². The van der Waals surface area contributed by atoms with E-state index in [4.69, 9.17) is 15.7 Å². The lowest BCUT2D eigenvalue weighted by atomic mass is 10.0. The molecule has 0 aliphatic carbocycles. The first-order valence-electron chi connectivity index (χ1n) is 5.65. The lowest BCUT2D eigenvalue weighted by molar-refractivity contribution is -0.154. The first-order valence-corrected chi connectivity index (χ1v) is 5.65. The molecule has 17 heavy (non-hydrogen) atoms. The Morgan fingerprint density at radius 3 is 2.41 bits per heavy atom. The van der Waals surface area contributed by atoms with Crippen LogP contribution in [0.2, 0.25) is 0 Å². The third-order valence-electron chi connectivity index (χ3n) is 2.92. The molecule has 0 bridgehead atoms. The maximum Gasteiger partial charge on any atom is 0.255 e. The van der Waals surface area contributed by atoms with Gasteiger partial charge in [0.15, 0.2) is 5.84 Å². The fourth-order valence-corrected chi connectivity index (χ4v) is 1.38. The standard InChI is InChI=1S/C11H23N3O3/c1-6-11(4,17-5)10(15)14(8(2)3)7-9(12)13-16/h8,16H,6-7H2,1-5H3,(H2,12,13). The second kappa shape index (κ2) is 6.44. The SMILES string of the molecule is CCC(C)(OC)C(=O)N(CC(N)=NO)C(C)C. The third kappa shape index (κ3) is 3.89. The molecule has 1 atom stereocenters. The summed E-state index contributed by atoms with van der Waals surface area (Å²) in [5.74, 6) is -0.161. The van der Waals surface area contributed by atoms with Gasteiger partial charge in [-0.3, -0.25) is 4.79 Å². The smallest absolute Gasteiger partial charge is 0.255 e. The first-order chi connectivity index (χ1) is 7.82. The van der Waals surface area contributed by atoms with Gasteiger partial charge in [-0.05, 0) is 27.2 Å². The van der Waals surface area contributed by atoms with Crippen LogP contribution in [0, 0.1) is 0 Å². The van der Waals surface area contributed by atoms with Crippen molar-refractivity contribution in [2.75, 3.05) is 13.7 Å². The van der Waals surface area contributed by atoms with E-state index >= 15 is 0 Å². The molecule has 0 saturated carbocycles. The predicted molar refractivity (Wildman–Crippen MR) is 66.0 cm³/mol. The van der Waals surface area contributed by atoms with E-state index in [0.717, 1.165) is 0 Å². The van der Waals surface area contributed by atoms with Gasteiger partial charge in [-0.1, -0.05) is 12.1 Å². The Labute approximate surface area is 102 Å². The number of amidine groups is 1. The molecular formula is C11H23N3O3. The molecule has 6 nitrogen and oxygen atoms in total. The molecule has 0 aromatic carbocycles. The van der Waals surface area contributed by atoms with Crippen LogP contribution in [0.25, 0.3) is 0 Å². The molecule has 0 aliphatic rings. The number of hydrogen-bond donors (Lipinski definition) is 2. The number of nitrogens with zero attached hydrogens (tertiary/aromatic N) is 2. The lowest BCUT2D eigenvalue weighted by Gasteiger charge is -2.35. The molecule has 1 unspecified atom stereocenters. The second-order valence-corrected chi connectivity index (χ2v) is 4.41. The molecule has 1 amide bonds. The molecule has 0 aromatic heterocycles. The van der Waals surface area contributed by atoms with Crippen LogP contribution in [0.5, 0.6) is 0 Å². The van der Waals surface area contributed by atoms with Crippen LogP contribution in [0.1, 0.15) is 34.1 Å².